The first-order valence-corrected chi connectivity index (χ1v) is 10.4. The third-order valence-corrected chi connectivity index (χ3v) is 5.88. The van der Waals surface area contributed by atoms with Crippen molar-refractivity contribution in [2.45, 2.75) is 71.6 Å². The predicted octanol–water partition coefficient (Wildman–Crippen LogP) is 7.39. The summed E-state index contributed by atoms with van der Waals surface area (Å²) in [5.41, 5.74) is 10.4. The minimum Gasteiger partial charge on any atom is -0.129 e. The lowest BCUT2D eigenvalue weighted by Gasteiger charge is -2.30. The predicted molar refractivity (Wildman–Crippen MR) is 116 cm³/mol. The molecule has 0 radical (unpaired) electrons. The van der Waals surface area contributed by atoms with Crippen LogP contribution >= 0.6 is 0 Å². The fourth-order valence-electron chi connectivity index (χ4n) is 4.37. The molecule has 0 spiro atoms. The van der Waals surface area contributed by atoms with Gasteiger partial charge in [-0.3, -0.25) is 0 Å². The van der Waals surface area contributed by atoms with Gasteiger partial charge in [-0.2, -0.15) is 0 Å². The summed E-state index contributed by atoms with van der Waals surface area (Å²) in [4.78, 5) is 0. The molecule has 1 aromatic rings. The molecule has 0 aliphatic heterocycles. The van der Waals surface area contributed by atoms with E-state index in [9.17, 15) is 0 Å². The van der Waals surface area contributed by atoms with E-state index in [4.69, 9.17) is 0 Å². The van der Waals surface area contributed by atoms with E-state index in [-0.39, 0.29) is 0 Å². The van der Waals surface area contributed by atoms with Gasteiger partial charge >= 0.3 is 0 Å². The quantitative estimate of drug-likeness (QED) is 0.322. The third kappa shape index (κ3) is 5.61. The van der Waals surface area contributed by atoms with Crippen LogP contribution in [0, 0.1) is 11.8 Å². The van der Waals surface area contributed by atoms with E-state index in [1.165, 1.54) is 59.9 Å². The molecule has 0 heteroatoms. The number of hydrogen-bond acceptors (Lipinski definition) is 0. The first-order chi connectivity index (χ1) is 12.6. The lowest BCUT2D eigenvalue weighted by molar-refractivity contribution is 0.325. The zero-order valence-corrected chi connectivity index (χ0v) is 16.9. The van der Waals surface area contributed by atoms with Crippen molar-refractivity contribution in [3.8, 4) is 0 Å². The molecule has 1 aromatic carbocycles. The van der Waals surface area contributed by atoms with Crippen LogP contribution in [0.3, 0.4) is 0 Å². The monoisotopic (exact) mass is 348 g/mol. The van der Waals surface area contributed by atoms with Crippen molar-refractivity contribution in [1.82, 2.24) is 0 Å². The minimum atomic E-state index is 0.515. The van der Waals surface area contributed by atoms with Crippen LogP contribution in [-0.2, 0) is 19.3 Å². The van der Waals surface area contributed by atoms with Gasteiger partial charge < -0.3 is 0 Å². The average molecular weight is 349 g/mol. The van der Waals surface area contributed by atoms with Crippen molar-refractivity contribution in [1.29, 1.82) is 0 Å². The summed E-state index contributed by atoms with van der Waals surface area (Å²) in [6, 6.07) is 7.02. The molecule has 0 aromatic heterocycles. The Labute approximate surface area is 161 Å². The van der Waals surface area contributed by atoms with Crippen molar-refractivity contribution in [3.63, 3.8) is 0 Å². The van der Waals surface area contributed by atoms with Crippen molar-refractivity contribution >= 4 is 0 Å². The molecule has 0 N–H and O–H groups in total. The number of hydrogen-bond donors (Lipinski definition) is 0. The zero-order valence-electron chi connectivity index (χ0n) is 16.9. The van der Waals surface area contributed by atoms with Crippen molar-refractivity contribution in [2.24, 2.45) is 11.8 Å². The van der Waals surface area contributed by atoms with E-state index >= 15 is 0 Å². The molecule has 26 heavy (non-hydrogen) atoms. The summed E-state index contributed by atoms with van der Waals surface area (Å²) in [7, 11) is 0. The van der Waals surface area contributed by atoms with E-state index in [1.54, 1.807) is 0 Å². The standard InChI is InChI=1S/C26H36/c1-6-11-25-19-22(14-15-23(25)8-3)17-21(7-2)18-24(9-4)26-13-10-12-20(5)16-26/h9,14-15,19,24,26H,2,4-6,8,10-13,16-18H2,1,3H3. The molecule has 140 valence electrons. The topological polar surface area (TPSA) is 0 Å². The van der Waals surface area contributed by atoms with Crippen LogP contribution in [0.25, 0.3) is 0 Å². The highest BCUT2D eigenvalue weighted by molar-refractivity contribution is 5.34. The Morgan fingerprint density at radius 3 is 2.73 bits per heavy atom. The van der Waals surface area contributed by atoms with Crippen LogP contribution in [0.4, 0.5) is 0 Å². The van der Waals surface area contributed by atoms with Gasteiger partial charge in [0.05, 0.1) is 0 Å². The number of allylic oxidation sites excluding steroid dienone is 3. The van der Waals surface area contributed by atoms with Crippen LogP contribution < -0.4 is 0 Å². The molecular formula is C26H36. The molecule has 0 bridgehead atoms. The lowest BCUT2D eigenvalue weighted by Crippen LogP contribution is -2.18. The van der Waals surface area contributed by atoms with Crippen LogP contribution in [-0.4, -0.2) is 0 Å². The Hall–Kier alpha value is -1.78. The van der Waals surface area contributed by atoms with Crippen LogP contribution in [0.5, 0.6) is 0 Å². The molecule has 0 amide bonds. The van der Waals surface area contributed by atoms with Crippen LogP contribution in [0.2, 0.25) is 0 Å². The lowest BCUT2D eigenvalue weighted by atomic mass is 9.75. The Balaban J connectivity index is 2.08. The first kappa shape index (κ1) is 20.5. The summed E-state index contributed by atoms with van der Waals surface area (Å²) in [5, 5.41) is 0. The maximum Gasteiger partial charge on any atom is 0.000925 e. The molecule has 1 aliphatic rings. The molecule has 1 fully saturated rings. The molecule has 0 heterocycles. The largest absolute Gasteiger partial charge is 0.129 e. The van der Waals surface area contributed by atoms with Gasteiger partial charge in [-0.25, -0.2) is 0 Å². The molecule has 0 saturated heterocycles. The highest BCUT2D eigenvalue weighted by atomic mass is 14.3. The molecule has 2 rings (SSSR count). The van der Waals surface area contributed by atoms with E-state index in [0.29, 0.717) is 11.8 Å². The summed E-state index contributed by atoms with van der Waals surface area (Å²) < 4.78 is 0. The van der Waals surface area contributed by atoms with Gasteiger partial charge in [0.1, 0.15) is 0 Å². The Morgan fingerprint density at radius 2 is 2.12 bits per heavy atom. The van der Waals surface area contributed by atoms with Gasteiger partial charge in [0.25, 0.3) is 0 Å². The molecule has 1 saturated carbocycles. The highest BCUT2D eigenvalue weighted by Gasteiger charge is 2.23. The van der Waals surface area contributed by atoms with Crippen molar-refractivity contribution in [2.75, 3.05) is 0 Å². The third-order valence-electron chi connectivity index (χ3n) is 5.88. The van der Waals surface area contributed by atoms with Gasteiger partial charge in [-0.15, -0.1) is 12.3 Å². The zero-order chi connectivity index (χ0) is 18.9. The SMILES string of the molecule is C=C=C(Cc1ccc(CC)c(CCC)c1)CC(C=C)C1CCCC(=C)C1. The number of rotatable bonds is 9. The van der Waals surface area contributed by atoms with Gasteiger partial charge in [0.15, 0.2) is 0 Å². The maximum absolute atomic E-state index is 4.22. The second kappa shape index (κ2) is 10.4. The second-order valence-electron chi connectivity index (χ2n) is 7.87. The minimum absolute atomic E-state index is 0.515. The average Bonchev–Trinajstić information content (AvgIpc) is 2.65. The molecule has 2 unspecified atom stereocenters. The fraction of sp³-hybridized carbons (Fsp3) is 0.500. The summed E-state index contributed by atoms with van der Waals surface area (Å²) in [6.07, 6.45) is 12.6. The van der Waals surface area contributed by atoms with E-state index in [2.05, 4.69) is 63.6 Å². The number of aryl methyl sites for hydroxylation is 2. The summed E-state index contributed by atoms with van der Waals surface area (Å²) in [5.74, 6) is 1.21. The smallest absolute Gasteiger partial charge is 0.000925 e. The normalized spacial score (nSPS) is 18.2. The van der Waals surface area contributed by atoms with Gasteiger partial charge in [0, 0.05) is 6.42 Å². The highest BCUT2D eigenvalue weighted by Crippen LogP contribution is 2.36. The first-order valence-electron chi connectivity index (χ1n) is 10.4. The Bertz CT molecular complexity index is 669. The van der Waals surface area contributed by atoms with Crippen LogP contribution in [0.1, 0.15) is 69.1 Å². The fourth-order valence-corrected chi connectivity index (χ4v) is 4.37. The van der Waals surface area contributed by atoms with Crippen molar-refractivity contribution in [3.05, 3.63) is 77.6 Å². The molecular weight excluding hydrogens is 312 g/mol. The van der Waals surface area contributed by atoms with E-state index in [0.717, 1.165) is 25.7 Å². The Kier molecular flexibility index (Phi) is 8.20. The van der Waals surface area contributed by atoms with Crippen molar-refractivity contribution < 1.29 is 0 Å². The van der Waals surface area contributed by atoms with Gasteiger partial charge in [-0.05, 0) is 79.0 Å². The van der Waals surface area contributed by atoms with Gasteiger partial charge in [-0.1, -0.05) is 63.3 Å². The summed E-state index contributed by atoms with van der Waals surface area (Å²) in [6.45, 7) is 16.8. The second-order valence-corrected chi connectivity index (χ2v) is 7.87. The molecule has 1 aliphatic carbocycles. The van der Waals surface area contributed by atoms with Gasteiger partial charge in [0.2, 0.25) is 0 Å². The van der Waals surface area contributed by atoms with E-state index in [1.807, 2.05) is 0 Å². The number of benzene rings is 1. The van der Waals surface area contributed by atoms with E-state index < -0.39 is 0 Å². The van der Waals surface area contributed by atoms with Crippen LogP contribution in [0.15, 0.2) is 60.9 Å². The molecule has 0 nitrogen and oxygen atoms in total. The summed E-state index contributed by atoms with van der Waals surface area (Å²) >= 11 is 0. The molecule has 2 atom stereocenters. The maximum atomic E-state index is 4.22. The Morgan fingerprint density at radius 1 is 1.31 bits per heavy atom.